The van der Waals surface area contributed by atoms with Crippen LogP contribution in [0.4, 0.5) is 14.5 Å². The minimum Gasteiger partial charge on any atom is -0.322 e. The Hall–Kier alpha value is -4.38. The fourth-order valence-electron chi connectivity index (χ4n) is 3.90. The number of benzene rings is 3. The lowest BCUT2D eigenvalue weighted by molar-refractivity contribution is 0.101. The third kappa shape index (κ3) is 3.03. The molecule has 32 heavy (non-hydrogen) atoms. The Kier molecular flexibility index (Phi) is 4.52. The predicted octanol–water partition coefficient (Wildman–Crippen LogP) is 4.33. The first-order valence-electron chi connectivity index (χ1n) is 9.76. The van der Waals surface area contributed by atoms with E-state index in [4.69, 9.17) is 0 Å². The first kappa shape index (κ1) is 19.6. The van der Waals surface area contributed by atoms with Crippen molar-refractivity contribution in [2.24, 2.45) is 12.0 Å². The van der Waals surface area contributed by atoms with E-state index in [1.54, 1.807) is 37.4 Å². The number of hydrogen-bond acceptors (Lipinski definition) is 4. The monoisotopic (exact) mass is 427 g/mol. The van der Waals surface area contributed by atoms with Gasteiger partial charge in [-0.1, -0.05) is 24.3 Å². The molecule has 8 heteroatoms. The SMILES string of the molecule is Cn1ncc2c(F)c(C(=O)Nc3ccc4c(c3)C(c3ccccc3C#N)=NC4)c(F)cc21. The highest BCUT2D eigenvalue weighted by Gasteiger charge is 2.24. The molecule has 0 fully saturated rings. The van der Waals surface area contributed by atoms with Crippen molar-refractivity contribution in [3.05, 3.63) is 94.2 Å². The maximum Gasteiger partial charge on any atom is 0.261 e. The summed E-state index contributed by atoms with van der Waals surface area (Å²) >= 11 is 0. The second-order valence-electron chi connectivity index (χ2n) is 7.40. The third-order valence-corrected chi connectivity index (χ3v) is 5.50. The molecule has 0 saturated carbocycles. The molecule has 1 aromatic heterocycles. The van der Waals surface area contributed by atoms with Gasteiger partial charge in [0.1, 0.15) is 17.2 Å². The number of aryl methyl sites for hydroxylation is 1. The molecule has 5 rings (SSSR count). The van der Waals surface area contributed by atoms with Crippen LogP contribution in [-0.4, -0.2) is 21.4 Å². The fourth-order valence-corrected chi connectivity index (χ4v) is 3.90. The molecule has 0 bridgehead atoms. The standard InChI is InChI=1S/C24H15F2N5O/c1-31-20-9-19(25)21(22(26)18(20)12-29-31)24(32)30-15-7-6-14-11-28-23(17(14)8-15)16-5-3-2-4-13(16)10-27/h2-9,12H,11H2,1H3,(H,30,32). The van der Waals surface area contributed by atoms with Gasteiger partial charge in [0.2, 0.25) is 0 Å². The number of halogens is 2. The third-order valence-electron chi connectivity index (χ3n) is 5.50. The summed E-state index contributed by atoms with van der Waals surface area (Å²) in [6, 6.07) is 15.5. The van der Waals surface area contributed by atoms with E-state index in [0.717, 1.165) is 17.2 Å². The summed E-state index contributed by atoms with van der Waals surface area (Å²) in [6.07, 6.45) is 1.26. The van der Waals surface area contributed by atoms with Gasteiger partial charge in [0.05, 0.1) is 41.0 Å². The Bertz CT molecular complexity index is 1500. The molecule has 4 aromatic rings. The molecule has 6 nitrogen and oxygen atoms in total. The number of nitrogens with zero attached hydrogens (tertiary/aromatic N) is 4. The fraction of sp³-hybridized carbons (Fsp3) is 0.0833. The molecular weight excluding hydrogens is 412 g/mol. The minimum atomic E-state index is -0.970. The van der Waals surface area contributed by atoms with Crippen LogP contribution in [-0.2, 0) is 13.6 Å². The Morgan fingerprint density at radius 1 is 1.16 bits per heavy atom. The van der Waals surface area contributed by atoms with Gasteiger partial charge in [-0.05, 0) is 23.8 Å². The van der Waals surface area contributed by atoms with E-state index in [9.17, 15) is 18.8 Å². The first-order chi connectivity index (χ1) is 15.5. The van der Waals surface area contributed by atoms with E-state index in [-0.39, 0.29) is 10.9 Å². The Labute approximate surface area is 181 Å². The molecular formula is C24H15F2N5O. The maximum absolute atomic E-state index is 14.9. The number of anilines is 1. The Balaban J connectivity index is 1.50. The lowest BCUT2D eigenvalue weighted by atomic mass is 9.96. The lowest BCUT2D eigenvalue weighted by Crippen LogP contribution is -2.16. The smallest absolute Gasteiger partial charge is 0.261 e. The summed E-state index contributed by atoms with van der Waals surface area (Å²) in [7, 11) is 1.56. The van der Waals surface area contributed by atoms with Gasteiger partial charge >= 0.3 is 0 Å². The van der Waals surface area contributed by atoms with E-state index in [2.05, 4.69) is 21.5 Å². The molecule has 1 N–H and O–H groups in total. The van der Waals surface area contributed by atoms with Crippen molar-refractivity contribution < 1.29 is 13.6 Å². The summed E-state index contributed by atoms with van der Waals surface area (Å²) < 4.78 is 30.8. The minimum absolute atomic E-state index is 0.0653. The summed E-state index contributed by atoms with van der Waals surface area (Å²) in [4.78, 5) is 17.3. The molecule has 0 unspecified atom stereocenters. The number of rotatable bonds is 3. The topological polar surface area (TPSA) is 83.1 Å². The number of nitriles is 1. The largest absolute Gasteiger partial charge is 0.322 e. The molecule has 0 spiro atoms. The van der Waals surface area contributed by atoms with Crippen molar-refractivity contribution in [1.29, 1.82) is 5.26 Å². The van der Waals surface area contributed by atoms with Crippen molar-refractivity contribution in [2.75, 3.05) is 5.32 Å². The van der Waals surface area contributed by atoms with Gasteiger partial charge < -0.3 is 5.32 Å². The van der Waals surface area contributed by atoms with E-state index in [1.165, 1.54) is 10.9 Å². The van der Waals surface area contributed by atoms with Gasteiger partial charge in [-0.25, -0.2) is 8.78 Å². The molecule has 0 atom stereocenters. The van der Waals surface area contributed by atoms with Gasteiger partial charge in [-0.15, -0.1) is 0 Å². The normalized spacial score (nSPS) is 12.4. The highest BCUT2D eigenvalue weighted by molar-refractivity contribution is 6.17. The second kappa shape index (κ2) is 7.39. The summed E-state index contributed by atoms with van der Waals surface area (Å²) in [5.41, 5.74) is 3.46. The average Bonchev–Trinajstić information content (AvgIpc) is 3.37. The van der Waals surface area contributed by atoms with Crippen LogP contribution < -0.4 is 5.32 Å². The molecule has 2 heterocycles. The zero-order valence-corrected chi connectivity index (χ0v) is 16.9. The van der Waals surface area contributed by atoms with Gasteiger partial charge in [-0.3, -0.25) is 14.5 Å². The molecule has 3 aromatic carbocycles. The highest BCUT2D eigenvalue weighted by Crippen LogP contribution is 2.29. The Morgan fingerprint density at radius 3 is 2.78 bits per heavy atom. The Morgan fingerprint density at radius 2 is 1.97 bits per heavy atom. The quantitative estimate of drug-likeness (QED) is 0.528. The van der Waals surface area contributed by atoms with Crippen LogP contribution in [0.1, 0.15) is 32.6 Å². The van der Waals surface area contributed by atoms with E-state index in [0.29, 0.717) is 29.1 Å². The molecule has 0 saturated heterocycles. The van der Waals surface area contributed by atoms with Crippen molar-refractivity contribution >= 4 is 28.2 Å². The van der Waals surface area contributed by atoms with E-state index in [1.807, 2.05) is 12.1 Å². The van der Waals surface area contributed by atoms with E-state index < -0.39 is 23.1 Å². The maximum atomic E-state index is 14.9. The van der Waals surface area contributed by atoms with Crippen LogP contribution in [0.25, 0.3) is 10.9 Å². The van der Waals surface area contributed by atoms with E-state index >= 15 is 0 Å². The van der Waals surface area contributed by atoms with Crippen LogP contribution in [0.3, 0.4) is 0 Å². The predicted molar refractivity (Wildman–Crippen MR) is 116 cm³/mol. The number of amides is 1. The van der Waals surface area contributed by atoms with Crippen molar-refractivity contribution in [1.82, 2.24) is 9.78 Å². The zero-order chi connectivity index (χ0) is 22.4. The second-order valence-corrected chi connectivity index (χ2v) is 7.40. The molecule has 1 aliphatic rings. The van der Waals surface area contributed by atoms with Gasteiger partial charge in [-0.2, -0.15) is 10.4 Å². The highest BCUT2D eigenvalue weighted by atomic mass is 19.1. The number of fused-ring (bicyclic) bond motifs is 2. The zero-order valence-electron chi connectivity index (χ0n) is 16.9. The number of aliphatic imine (C=N–C) groups is 1. The van der Waals surface area contributed by atoms with Crippen LogP contribution >= 0.6 is 0 Å². The number of carbonyl (C=O) groups excluding carboxylic acids is 1. The number of hydrogen-bond donors (Lipinski definition) is 1. The number of nitrogens with one attached hydrogen (secondary N) is 1. The molecule has 0 aliphatic carbocycles. The van der Waals surface area contributed by atoms with Crippen LogP contribution in [0.15, 0.2) is 59.7 Å². The van der Waals surface area contributed by atoms with Crippen LogP contribution in [0.2, 0.25) is 0 Å². The van der Waals surface area contributed by atoms with Crippen LogP contribution in [0, 0.1) is 23.0 Å². The summed E-state index contributed by atoms with van der Waals surface area (Å²) in [5.74, 6) is -2.83. The molecule has 1 aliphatic heterocycles. The van der Waals surface area contributed by atoms with Crippen molar-refractivity contribution in [2.45, 2.75) is 6.54 Å². The molecule has 0 radical (unpaired) electrons. The first-order valence-corrected chi connectivity index (χ1v) is 9.76. The summed E-state index contributed by atoms with van der Waals surface area (Å²) in [5, 5.41) is 16.0. The van der Waals surface area contributed by atoms with Gasteiger partial charge in [0.25, 0.3) is 5.91 Å². The molecule has 156 valence electrons. The van der Waals surface area contributed by atoms with Gasteiger partial charge in [0, 0.05) is 29.9 Å². The summed E-state index contributed by atoms with van der Waals surface area (Å²) in [6.45, 7) is 0.444. The van der Waals surface area contributed by atoms with Crippen molar-refractivity contribution in [3.8, 4) is 6.07 Å². The lowest BCUT2D eigenvalue weighted by Gasteiger charge is -2.11. The number of carbonyl (C=O) groups is 1. The van der Waals surface area contributed by atoms with Crippen molar-refractivity contribution in [3.63, 3.8) is 0 Å². The van der Waals surface area contributed by atoms with Gasteiger partial charge in [0.15, 0.2) is 0 Å². The molecule has 1 amide bonds. The number of aromatic nitrogens is 2. The van der Waals surface area contributed by atoms with Crippen LogP contribution in [0.5, 0.6) is 0 Å². The average molecular weight is 427 g/mol.